The normalized spacial score (nSPS) is 20.8. The van der Waals surface area contributed by atoms with Gasteiger partial charge in [0, 0.05) is 5.92 Å². The van der Waals surface area contributed by atoms with E-state index in [1.165, 1.54) is 32.1 Å². The summed E-state index contributed by atoms with van der Waals surface area (Å²) in [6, 6.07) is 0. The second kappa shape index (κ2) is 4.08. The quantitative estimate of drug-likeness (QED) is 0.436. The largest absolute Gasteiger partial charge is 0.548 e. The van der Waals surface area contributed by atoms with Gasteiger partial charge in [-0.25, -0.2) is 0 Å². The van der Waals surface area contributed by atoms with Crippen molar-refractivity contribution < 1.29 is 4.43 Å². The smallest absolute Gasteiger partial charge is 0.204 e. The maximum Gasteiger partial charge on any atom is 0.204 e. The van der Waals surface area contributed by atoms with Gasteiger partial charge >= 0.3 is 0 Å². The van der Waals surface area contributed by atoms with Crippen LogP contribution < -0.4 is 0 Å². The second-order valence-electron chi connectivity index (χ2n) is 2.86. The van der Waals surface area contributed by atoms with E-state index in [-0.39, 0.29) is 0 Å². The molecule has 0 spiro atoms. The molecule has 1 aliphatic carbocycles. The van der Waals surface area contributed by atoms with Crippen molar-refractivity contribution in [2.45, 2.75) is 32.1 Å². The van der Waals surface area contributed by atoms with Crippen molar-refractivity contribution in [1.82, 2.24) is 0 Å². The molecule has 0 N–H and O–H groups in total. The minimum absolute atomic E-state index is 0.612. The van der Waals surface area contributed by atoms with E-state index < -0.39 is 0 Å². The van der Waals surface area contributed by atoms with Crippen molar-refractivity contribution in [2.24, 2.45) is 5.92 Å². The van der Waals surface area contributed by atoms with Crippen molar-refractivity contribution >= 4 is 27.8 Å². The third kappa shape index (κ3) is 2.06. The Morgan fingerprint density at radius 2 is 1.90 bits per heavy atom. The molecule has 0 bridgehead atoms. The molecule has 0 aromatic carbocycles. The van der Waals surface area contributed by atoms with E-state index in [2.05, 4.69) is 0 Å². The van der Waals surface area contributed by atoms with Crippen LogP contribution in [0, 0.1) is 5.92 Å². The van der Waals surface area contributed by atoms with E-state index in [0.717, 1.165) is 15.5 Å². The highest BCUT2D eigenvalue weighted by Crippen LogP contribution is 2.24. The van der Waals surface area contributed by atoms with Gasteiger partial charge in [-0.15, -0.1) is 0 Å². The van der Waals surface area contributed by atoms with Crippen LogP contribution in [0.15, 0.2) is 0 Å². The SMILES string of the molecule is [SiH3]OC(=S)C1CCCCC1. The molecule has 0 aromatic heterocycles. The van der Waals surface area contributed by atoms with E-state index in [0.29, 0.717) is 5.92 Å². The summed E-state index contributed by atoms with van der Waals surface area (Å²) >= 11 is 5.09. The average Bonchev–Trinajstić information content (AvgIpc) is 2.05. The van der Waals surface area contributed by atoms with Crippen LogP contribution in [0.4, 0.5) is 0 Å². The number of hydrogen-bond donors (Lipinski definition) is 0. The van der Waals surface area contributed by atoms with Crippen molar-refractivity contribution in [3.8, 4) is 0 Å². The van der Waals surface area contributed by atoms with Gasteiger partial charge in [-0.2, -0.15) is 0 Å². The van der Waals surface area contributed by atoms with E-state index in [1.54, 1.807) is 0 Å². The fraction of sp³-hybridized carbons (Fsp3) is 0.857. The first-order valence-electron chi connectivity index (χ1n) is 3.92. The van der Waals surface area contributed by atoms with E-state index >= 15 is 0 Å². The molecule has 1 nitrogen and oxygen atoms in total. The lowest BCUT2D eigenvalue weighted by atomic mass is 9.90. The summed E-state index contributed by atoms with van der Waals surface area (Å²) in [5.74, 6) is 0.612. The Morgan fingerprint density at radius 1 is 1.30 bits per heavy atom. The Balaban J connectivity index is 2.31. The topological polar surface area (TPSA) is 9.23 Å². The highest BCUT2D eigenvalue weighted by Gasteiger charge is 2.17. The first-order chi connectivity index (χ1) is 4.84. The maximum atomic E-state index is 5.16. The molecule has 0 radical (unpaired) electrons. The fourth-order valence-electron chi connectivity index (χ4n) is 1.50. The lowest BCUT2D eigenvalue weighted by Gasteiger charge is -2.21. The van der Waals surface area contributed by atoms with Gasteiger partial charge < -0.3 is 4.43 Å². The van der Waals surface area contributed by atoms with Gasteiger partial charge in [-0.3, -0.25) is 0 Å². The van der Waals surface area contributed by atoms with Crippen LogP contribution in [0.5, 0.6) is 0 Å². The summed E-state index contributed by atoms with van der Waals surface area (Å²) in [5, 5.41) is 0.881. The highest BCUT2D eigenvalue weighted by atomic mass is 32.1. The number of thiocarbonyl (C=S) groups is 1. The molecule has 3 heteroatoms. The molecule has 0 atom stereocenters. The molecule has 0 heterocycles. The fourth-order valence-corrected chi connectivity index (χ4v) is 2.07. The first kappa shape index (κ1) is 8.21. The summed E-state index contributed by atoms with van der Waals surface area (Å²) in [6.07, 6.45) is 6.61. The molecule has 1 saturated carbocycles. The van der Waals surface area contributed by atoms with E-state index in [9.17, 15) is 0 Å². The van der Waals surface area contributed by atoms with Crippen LogP contribution in [-0.4, -0.2) is 15.5 Å². The van der Waals surface area contributed by atoms with Gasteiger partial charge in [-0.1, -0.05) is 19.3 Å². The van der Waals surface area contributed by atoms with Crippen LogP contribution in [0.1, 0.15) is 32.1 Å². The van der Waals surface area contributed by atoms with Gasteiger partial charge in [-0.05, 0) is 25.1 Å². The molecule has 0 amide bonds. The van der Waals surface area contributed by atoms with Crippen molar-refractivity contribution in [3.05, 3.63) is 0 Å². The second-order valence-corrected chi connectivity index (χ2v) is 3.67. The molecule has 0 aliphatic heterocycles. The molecular formula is C7H14OSSi. The van der Waals surface area contributed by atoms with Crippen LogP contribution in [0.25, 0.3) is 0 Å². The standard InChI is InChI=1S/C7H14OSSi/c9-7(8-10)6-4-2-1-3-5-6/h6H,1-5H2,10H3. The zero-order valence-corrected chi connectivity index (χ0v) is 9.25. The zero-order valence-electron chi connectivity index (χ0n) is 6.43. The Hall–Kier alpha value is 0.107. The molecule has 1 rings (SSSR count). The Bertz CT molecular complexity index is 121. The highest BCUT2D eigenvalue weighted by molar-refractivity contribution is 7.80. The van der Waals surface area contributed by atoms with E-state index in [1.807, 2.05) is 0 Å². The van der Waals surface area contributed by atoms with Crippen LogP contribution >= 0.6 is 12.2 Å². The van der Waals surface area contributed by atoms with Gasteiger partial charge in [0.15, 0.2) is 0 Å². The summed E-state index contributed by atoms with van der Waals surface area (Å²) in [7, 11) is 0.765. The van der Waals surface area contributed by atoms with Gasteiger partial charge in [0.25, 0.3) is 0 Å². The van der Waals surface area contributed by atoms with Gasteiger partial charge in [0.05, 0.1) is 0 Å². The monoisotopic (exact) mass is 174 g/mol. The number of hydrogen-bond acceptors (Lipinski definition) is 2. The summed E-state index contributed by atoms with van der Waals surface area (Å²) in [4.78, 5) is 0. The lowest BCUT2D eigenvalue weighted by Crippen LogP contribution is -2.17. The Kier molecular flexibility index (Phi) is 3.35. The molecule has 0 unspecified atom stereocenters. The lowest BCUT2D eigenvalue weighted by molar-refractivity contribution is 0.405. The third-order valence-electron chi connectivity index (χ3n) is 2.14. The van der Waals surface area contributed by atoms with Gasteiger partial charge in [0.1, 0.15) is 5.05 Å². The predicted molar refractivity (Wildman–Crippen MR) is 50.2 cm³/mol. The van der Waals surface area contributed by atoms with Crippen LogP contribution in [-0.2, 0) is 4.43 Å². The van der Waals surface area contributed by atoms with E-state index in [4.69, 9.17) is 16.6 Å². The predicted octanol–water partition coefficient (Wildman–Crippen LogP) is 1.19. The van der Waals surface area contributed by atoms with Crippen molar-refractivity contribution in [2.75, 3.05) is 0 Å². The van der Waals surface area contributed by atoms with Crippen LogP contribution in [0.2, 0.25) is 0 Å². The minimum Gasteiger partial charge on any atom is -0.548 e. The summed E-state index contributed by atoms with van der Waals surface area (Å²) in [6.45, 7) is 0. The van der Waals surface area contributed by atoms with Crippen molar-refractivity contribution in [1.29, 1.82) is 0 Å². The molecular weight excluding hydrogens is 160 g/mol. The summed E-state index contributed by atoms with van der Waals surface area (Å²) < 4.78 is 5.16. The third-order valence-corrected chi connectivity index (χ3v) is 3.38. The Labute approximate surface area is 70.7 Å². The molecule has 1 aliphatic rings. The first-order valence-corrected chi connectivity index (χ1v) is 5.15. The Morgan fingerprint density at radius 3 is 2.40 bits per heavy atom. The minimum atomic E-state index is 0.612. The molecule has 58 valence electrons. The molecule has 10 heavy (non-hydrogen) atoms. The average molecular weight is 174 g/mol. The maximum absolute atomic E-state index is 5.16. The van der Waals surface area contributed by atoms with Gasteiger partial charge in [0.2, 0.25) is 10.5 Å². The van der Waals surface area contributed by atoms with Crippen molar-refractivity contribution in [3.63, 3.8) is 0 Å². The zero-order chi connectivity index (χ0) is 7.40. The number of rotatable bonds is 1. The molecule has 0 aromatic rings. The molecule has 1 fully saturated rings. The van der Waals surface area contributed by atoms with Crippen LogP contribution in [0.3, 0.4) is 0 Å². The summed E-state index contributed by atoms with van der Waals surface area (Å²) in [5.41, 5.74) is 0. The molecule has 0 saturated heterocycles.